The highest BCUT2D eigenvalue weighted by Crippen LogP contribution is 2.26. The van der Waals surface area contributed by atoms with Gasteiger partial charge in [0.05, 0.1) is 6.26 Å². The van der Waals surface area contributed by atoms with E-state index in [1.54, 1.807) is 25.3 Å². The van der Waals surface area contributed by atoms with Gasteiger partial charge in [-0.25, -0.2) is 14.5 Å². The van der Waals surface area contributed by atoms with Crippen LogP contribution >= 0.6 is 0 Å². The van der Waals surface area contributed by atoms with Crippen molar-refractivity contribution in [1.82, 2.24) is 9.55 Å². The summed E-state index contributed by atoms with van der Waals surface area (Å²) in [6.07, 6.45) is 0.950. The number of aromatic nitrogens is 2. The Morgan fingerprint density at radius 1 is 1.19 bits per heavy atom. The zero-order chi connectivity index (χ0) is 18.3. The van der Waals surface area contributed by atoms with Crippen LogP contribution in [0, 0.1) is 20.8 Å². The third-order valence-electron chi connectivity index (χ3n) is 4.24. The lowest BCUT2D eigenvalue weighted by molar-refractivity contribution is 0.427. The van der Waals surface area contributed by atoms with Crippen LogP contribution in [0.3, 0.4) is 0 Å². The third-order valence-corrected chi connectivity index (χ3v) is 4.24. The first-order chi connectivity index (χ1) is 12.5. The van der Waals surface area contributed by atoms with E-state index in [0.29, 0.717) is 23.4 Å². The molecule has 1 atom stereocenters. The predicted molar refractivity (Wildman–Crippen MR) is 101 cm³/mol. The van der Waals surface area contributed by atoms with Crippen LogP contribution in [-0.4, -0.2) is 15.5 Å². The number of hydrogen-bond donors (Lipinski definition) is 2. The van der Waals surface area contributed by atoms with Crippen molar-refractivity contribution in [2.45, 2.75) is 26.9 Å². The zero-order valence-corrected chi connectivity index (χ0v) is 14.8. The van der Waals surface area contributed by atoms with Crippen molar-refractivity contribution in [3.63, 3.8) is 0 Å². The summed E-state index contributed by atoms with van der Waals surface area (Å²) < 4.78 is 6.99. The molecule has 7 heteroatoms. The highest BCUT2D eigenvalue weighted by atomic mass is 16.3. The number of aliphatic imine (C=N–C) groups is 1. The van der Waals surface area contributed by atoms with Crippen molar-refractivity contribution < 1.29 is 4.42 Å². The molecule has 26 heavy (non-hydrogen) atoms. The van der Waals surface area contributed by atoms with E-state index in [4.69, 9.17) is 4.42 Å². The minimum atomic E-state index is -0.616. The van der Waals surface area contributed by atoms with Crippen molar-refractivity contribution in [2.75, 3.05) is 10.6 Å². The maximum absolute atomic E-state index is 12.5. The van der Waals surface area contributed by atoms with Gasteiger partial charge >= 0.3 is 0 Å². The smallest absolute Gasteiger partial charge is 0.257 e. The number of rotatable bonds is 2. The van der Waals surface area contributed by atoms with Crippen molar-refractivity contribution in [3.05, 3.63) is 75.6 Å². The number of nitrogens with zero attached hydrogens (tertiary/aromatic N) is 3. The molecule has 132 valence electrons. The number of nitrogens with one attached hydrogen (secondary N) is 2. The number of anilines is 2. The summed E-state index contributed by atoms with van der Waals surface area (Å²) >= 11 is 0. The molecule has 1 aliphatic rings. The molecule has 0 radical (unpaired) electrons. The number of fused-ring (bicyclic) bond motifs is 1. The molecule has 3 heterocycles. The van der Waals surface area contributed by atoms with E-state index in [-0.39, 0.29) is 5.56 Å². The fraction of sp³-hybridized carbons (Fsp3) is 0.211. The number of hydrogen-bond acceptors (Lipinski definition) is 6. The maximum atomic E-state index is 12.5. The second kappa shape index (κ2) is 6.18. The van der Waals surface area contributed by atoms with E-state index in [0.717, 1.165) is 11.3 Å². The Kier molecular flexibility index (Phi) is 3.84. The molecule has 0 unspecified atom stereocenters. The Morgan fingerprint density at radius 2 is 2.04 bits per heavy atom. The summed E-state index contributed by atoms with van der Waals surface area (Å²) in [6.45, 7) is 5.87. The quantitative estimate of drug-likeness (QED) is 0.742. The molecule has 0 aliphatic carbocycles. The van der Waals surface area contributed by atoms with Gasteiger partial charge in [-0.2, -0.15) is 0 Å². The molecule has 0 saturated carbocycles. The van der Waals surface area contributed by atoms with Crippen LogP contribution in [0.4, 0.5) is 11.6 Å². The number of benzene rings is 1. The average molecular weight is 349 g/mol. The number of furan rings is 1. The molecule has 3 aromatic rings. The van der Waals surface area contributed by atoms with Crippen LogP contribution in [0.2, 0.25) is 0 Å². The lowest BCUT2D eigenvalue weighted by Gasteiger charge is -2.26. The second-order valence-corrected chi connectivity index (χ2v) is 6.36. The number of guanidine groups is 1. The van der Waals surface area contributed by atoms with Gasteiger partial charge in [-0.3, -0.25) is 10.1 Å². The molecule has 0 spiro atoms. The molecule has 0 saturated heterocycles. The molecule has 0 amide bonds. The van der Waals surface area contributed by atoms with E-state index in [1.165, 1.54) is 16.2 Å². The summed E-state index contributed by atoms with van der Waals surface area (Å²) in [4.78, 5) is 21.6. The fourth-order valence-electron chi connectivity index (χ4n) is 3.02. The Hall–Kier alpha value is -3.35. The van der Waals surface area contributed by atoms with Gasteiger partial charge in [-0.1, -0.05) is 17.7 Å². The standard InChI is InChI=1S/C19H19N5O2/c1-11-6-7-14(12(2)9-11)21-18-22-17(15-5-4-8-26-15)24-16(25)10-13(3)20-19(24)23-18/h4-10,17H,1-3H3,(H2,20,21,22,23)/t17-/m0/s1. The zero-order valence-electron chi connectivity index (χ0n) is 14.8. The van der Waals surface area contributed by atoms with Crippen LogP contribution in [0.25, 0.3) is 0 Å². The van der Waals surface area contributed by atoms with Crippen LogP contribution in [0.15, 0.2) is 56.9 Å². The highest BCUT2D eigenvalue weighted by molar-refractivity contribution is 6.03. The fourth-order valence-corrected chi connectivity index (χ4v) is 3.02. The first-order valence-electron chi connectivity index (χ1n) is 8.34. The van der Waals surface area contributed by atoms with Crippen molar-refractivity contribution >= 4 is 17.6 Å². The lowest BCUT2D eigenvalue weighted by Crippen LogP contribution is -2.37. The van der Waals surface area contributed by atoms with Gasteiger partial charge in [0.25, 0.3) is 5.56 Å². The maximum Gasteiger partial charge on any atom is 0.257 e. The van der Waals surface area contributed by atoms with Crippen LogP contribution < -0.4 is 16.2 Å². The van der Waals surface area contributed by atoms with E-state index >= 15 is 0 Å². The van der Waals surface area contributed by atoms with Gasteiger partial charge in [0.15, 0.2) is 6.17 Å². The van der Waals surface area contributed by atoms with Crippen LogP contribution in [-0.2, 0) is 0 Å². The molecular weight excluding hydrogens is 330 g/mol. The van der Waals surface area contributed by atoms with Gasteiger partial charge in [0, 0.05) is 17.4 Å². The molecule has 0 bridgehead atoms. The average Bonchev–Trinajstić information content (AvgIpc) is 3.10. The Bertz CT molecular complexity index is 1050. The topological polar surface area (TPSA) is 84.5 Å². The lowest BCUT2D eigenvalue weighted by atomic mass is 10.1. The molecule has 2 N–H and O–H groups in total. The predicted octanol–water partition coefficient (Wildman–Crippen LogP) is 3.20. The van der Waals surface area contributed by atoms with Gasteiger partial charge in [0.1, 0.15) is 5.76 Å². The van der Waals surface area contributed by atoms with E-state index in [1.807, 2.05) is 19.1 Å². The molecule has 1 aromatic carbocycles. The first-order valence-corrected chi connectivity index (χ1v) is 8.34. The Balaban J connectivity index is 1.78. The monoisotopic (exact) mass is 349 g/mol. The molecule has 1 aliphatic heterocycles. The summed E-state index contributed by atoms with van der Waals surface area (Å²) in [5.74, 6) is 1.51. The molecular formula is C19H19N5O2. The summed E-state index contributed by atoms with van der Waals surface area (Å²) in [5.41, 5.74) is 3.68. The summed E-state index contributed by atoms with van der Waals surface area (Å²) in [5, 5.41) is 6.40. The first kappa shape index (κ1) is 16.1. The Labute approximate surface area is 150 Å². The molecule has 0 fully saturated rings. The van der Waals surface area contributed by atoms with E-state index in [2.05, 4.69) is 33.6 Å². The normalized spacial score (nSPS) is 15.8. The highest BCUT2D eigenvalue weighted by Gasteiger charge is 2.27. The van der Waals surface area contributed by atoms with Gasteiger partial charge in [0.2, 0.25) is 11.9 Å². The van der Waals surface area contributed by atoms with Gasteiger partial charge < -0.3 is 9.73 Å². The minimum absolute atomic E-state index is 0.185. The summed E-state index contributed by atoms with van der Waals surface area (Å²) in [7, 11) is 0. The van der Waals surface area contributed by atoms with Crippen molar-refractivity contribution in [1.29, 1.82) is 0 Å². The Morgan fingerprint density at radius 3 is 2.77 bits per heavy atom. The van der Waals surface area contributed by atoms with Gasteiger partial charge in [-0.15, -0.1) is 0 Å². The van der Waals surface area contributed by atoms with Gasteiger partial charge in [-0.05, 0) is 44.5 Å². The molecule has 4 rings (SSSR count). The third kappa shape index (κ3) is 2.88. The van der Waals surface area contributed by atoms with Crippen molar-refractivity contribution in [2.24, 2.45) is 4.99 Å². The second-order valence-electron chi connectivity index (χ2n) is 6.36. The number of aryl methyl sites for hydroxylation is 3. The van der Waals surface area contributed by atoms with Crippen LogP contribution in [0.1, 0.15) is 28.7 Å². The minimum Gasteiger partial charge on any atom is -0.465 e. The largest absolute Gasteiger partial charge is 0.465 e. The van der Waals surface area contributed by atoms with Crippen LogP contribution in [0.5, 0.6) is 0 Å². The molecule has 2 aromatic heterocycles. The summed E-state index contributed by atoms with van der Waals surface area (Å²) in [6, 6.07) is 11.2. The molecule has 7 nitrogen and oxygen atoms in total. The van der Waals surface area contributed by atoms with E-state index in [9.17, 15) is 4.79 Å². The SMILES string of the molecule is Cc1ccc(NC2=N[C@H](c3ccco3)n3c(nc(C)cc3=O)N2)c(C)c1. The van der Waals surface area contributed by atoms with Crippen molar-refractivity contribution in [3.8, 4) is 0 Å². The van der Waals surface area contributed by atoms with E-state index < -0.39 is 6.17 Å².